The number of tetrazole rings is 1. The molecule has 2 aliphatic heterocycles. The Morgan fingerprint density at radius 2 is 2.07 bits per heavy atom. The number of nitrogens with zero attached hydrogens (tertiary/aromatic N) is 9. The topological polar surface area (TPSA) is 216 Å². The molecule has 20 heteroatoms. The second-order valence-corrected chi connectivity index (χ2v) is 11.9. The number of β-lactam (4-membered cyclic amide) rings is 1. The van der Waals surface area contributed by atoms with Crippen molar-refractivity contribution in [2.45, 2.75) is 16.4 Å². The monoisotopic (exact) mass is 645 g/mol. The molecule has 1 saturated heterocycles. The van der Waals surface area contributed by atoms with Gasteiger partial charge in [-0.3, -0.25) is 14.5 Å². The molecular weight excluding hydrogens is 630 g/mol. The quantitative estimate of drug-likeness (QED) is 0.0998. The van der Waals surface area contributed by atoms with Crippen LogP contribution < -0.4 is 15.9 Å². The number of carbonyl (C=O) groups is 3. The van der Waals surface area contributed by atoms with Crippen LogP contribution in [0, 0.1) is 0 Å². The van der Waals surface area contributed by atoms with Crippen LogP contribution in [0.5, 0.6) is 5.75 Å². The molecule has 2 atom stereocenters. The maximum absolute atomic E-state index is 13.3. The Kier molecular flexibility index (Phi) is 7.62. The molecule has 0 radical (unpaired) electrons. The van der Waals surface area contributed by atoms with Gasteiger partial charge in [-0.05, 0) is 52.4 Å². The molecule has 0 spiro atoms. The van der Waals surface area contributed by atoms with Gasteiger partial charge in [0.15, 0.2) is 16.5 Å². The highest BCUT2D eigenvalue weighted by molar-refractivity contribution is 8.01. The van der Waals surface area contributed by atoms with Crippen LogP contribution in [0.25, 0.3) is 5.65 Å². The van der Waals surface area contributed by atoms with Crippen LogP contribution in [-0.2, 0) is 14.4 Å². The molecule has 0 aliphatic carbocycles. The zero-order valence-electron chi connectivity index (χ0n) is 20.8. The number of nitrogens with two attached hydrogens (primary N) is 1. The third kappa shape index (κ3) is 5.45. The van der Waals surface area contributed by atoms with E-state index in [0.717, 1.165) is 11.5 Å². The Hall–Kier alpha value is -4.33. The maximum atomic E-state index is 13.3. The second-order valence-electron chi connectivity index (χ2n) is 8.55. The third-order valence-corrected chi connectivity index (χ3v) is 9.04. The van der Waals surface area contributed by atoms with Gasteiger partial charge in [0.05, 0.1) is 0 Å². The number of hydrogen-bond donors (Lipinski definition) is 3. The molecule has 1 unspecified atom stereocenters. The number of anilines is 1. The number of hydrogen-bond acceptors (Lipinski definition) is 15. The molecule has 0 bridgehead atoms. The minimum absolute atomic E-state index is 0.0946. The number of carbonyl (C=O) groups excluding carboxylic acids is 2. The molecule has 4 aromatic rings. The molecule has 0 saturated carbocycles. The van der Waals surface area contributed by atoms with E-state index < -0.39 is 29.2 Å². The Labute approximate surface area is 252 Å². The number of nitrogens with one attached hydrogen (secondary N) is 1. The molecule has 4 N–H and O–H groups in total. The van der Waals surface area contributed by atoms with E-state index in [0.29, 0.717) is 27.0 Å². The van der Waals surface area contributed by atoms with E-state index in [4.69, 9.17) is 22.2 Å². The average molecular weight is 646 g/mol. The van der Waals surface area contributed by atoms with Gasteiger partial charge in [0.1, 0.15) is 22.1 Å². The largest absolute Gasteiger partial charge is 0.477 e. The summed E-state index contributed by atoms with van der Waals surface area (Å²) in [5.41, 5.74) is 6.25. The van der Waals surface area contributed by atoms with Gasteiger partial charge in [0.2, 0.25) is 11.5 Å². The molecule has 2 amide bonds. The van der Waals surface area contributed by atoms with E-state index in [1.807, 2.05) is 0 Å². The lowest BCUT2D eigenvalue weighted by molar-refractivity contribution is -0.150. The fourth-order valence-corrected chi connectivity index (χ4v) is 6.88. The van der Waals surface area contributed by atoms with Gasteiger partial charge in [0, 0.05) is 28.1 Å². The number of thioether (sulfide) groups is 2. The number of halogens is 1. The van der Waals surface area contributed by atoms with Gasteiger partial charge >= 0.3 is 5.97 Å². The molecule has 16 nitrogen and oxygen atoms in total. The predicted molar refractivity (Wildman–Crippen MR) is 152 cm³/mol. The van der Waals surface area contributed by atoms with Crippen LogP contribution >= 0.6 is 46.7 Å². The standard InChI is InChI=1S/C22H16ClN11O5S3/c23-10-1-3-11(4-2-10)39-29-14(17-26-22(24)42-30-17)18(35)25-15-19(36)33-16(21(37)38)9(8-41-20(15)33)7-40-13-6-5-12-27-31-32-34(12)28-13/h1-6,15,20H,7-8H2,(H,25,35)(H,37,38)(H2,24,26,30)/b29-14-/t15?,20-/m1/s1. The SMILES string of the molecule is Nc1nc(/C(=N/Oc2ccc(Cl)cc2)C(=O)NC2C(=O)N3C(C(=O)O)=C(CSc4ccc5nnnn5n4)CS[C@H]23)ns1. The highest BCUT2D eigenvalue weighted by Crippen LogP contribution is 2.41. The Bertz CT molecular complexity index is 1780. The summed E-state index contributed by atoms with van der Waals surface area (Å²) in [6, 6.07) is 8.64. The summed E-state index contributed by atoms with van der Waals surface area (Å²) in [5, 5.41) is 32.4. The van der Waals surface area contributed by atoms with Gasteiger partial charge in [-0.1, -0.05) is 16.8 Å². The van der Waals surface area contributed by atoms with Crippen molar-refractivity contribution in [3.63, 3.8) is 0 Å². The predicted octanol–water partition coefficient (Wildman–Crippen LogP) is 0.920. The number of rotatable bonds is 9. The smallest absolute Gasteiger partial charge is 0.352 e. The van der Waals surface area contributed by atoms with Crippen molar-refractivity contribution in [2.75, 3.05) is 17.2 Å². The van der Waals surface area contributed by atoms with Gasteiger partial charge < -0.3 is 21.0 Å². The zero-order valence-corrected chi connectivity index (χ0v) is 24.0. The summed E-state index contributed by atoms with van der Waals surface area (Å²) in [7, 11) is 0. The van der Waals surface area contributed by atoms with Crippen LogP contribution in [0.3, 0.4) is 0 Å². The number of amides is 2. The summed E-state index contributed by atoms with van der Waals surface area (Å²) < 4.78 is 5.29. The van der Waals surface area contributed by atoms with E-state index in [1.54, 1.807) is 36.4 Å². The fourth-order valence-electron chi connectivity index (χ4n) is 3.98. The first-order valence-electron chi connectivity index (χ1n) is 11.8. The van der Waals surface area contributed by atoms with Crippen molar-refractivity contribution < 1.29 is 24.3 Å². The van der Waals surface area contributed by atoms with Crippen LogP contribution in [0.4, 0.5) is 5.13 Å². The van der Waals surface area contributed by atoms with E-state index in [2.05, 4.69) is 40.5 Å². The molecule has 5 heterocycles. The molecule has 214 valence electrons. The van der Waals surface area contributed by atoms with Crippen LogP contribution in [0.15, 0.2) is 57.9 Å². The summed E-state index contributed by atoms with van der Waals surface area (Å²) in [6.45, 7) is 0. The van der Waals surface area contributed by atoms with Crippen LogP contribution in [0.2, 0.25) is 5.02 Å². The number of nitrogen functional groups attached to an aromatic ring is 1. The van der Waals surface area contributed by atoms with Gasteiger partial charge in [-0.25, -0.2) is 4.79 Å². The summed E-state index contributed by atoms with van der Waals surface area (Å²) >= 11 is 9.36. The summed E-state index contributed by atoms with van der Waals surface area (Å²) in [4.78, 5) is 49.2. The molecule has 1 fully saturated rings. The van der Waals surface area contributed by atoms with Crippen molar-refractivity contribution in [2.24, 2.45) is 5.16 Å². The molecule has 42 heavy (non-hydrogen) atoms. The molecule has 1 aromatic carbocycles. The number of fused-ring (bicyclic) bond motifs is 2. The van der Waals surface area contributed by atoms with E-state index in [9.17, 15) is 19.5 Å². The number of aliphatic carboxylic acids is 1. The van der Waals surface area contributed by atoms with Crippen molar-refractivity contribution in [3.05, 3.63) is 58.5 Å². The lowest BCUT2D eigenvalue weighted by Gasteiger charge is -2.49. The van der Waals surface area contributed by atoms with Crippen molar-refractivity contribution in [1.82, 2.24) is 44.8 Å². The van der Waals surface area contributed by atoms with Crippen molar-refractivity contribution in [1.29, 1.82) is 0 Å². The normalized spacial score (nSPS) is 18.5. The first-order chi connectivity index (χ1) is 20.3. The maximum Gasteiger partial charge on any atom is 0.352 e. The number of carboxylic acid groups (broad SMARTS) is 1. The number of benzene rings is 1. The van der Waals surface area contributed by atoms with E-state index in [-0.39, 0.29) is 33.9 Å². The second kappa shape index (κ2) is 11.5. The molecule has 3 aromatic heterocycles. The third-order valence-electron chi connectivity index (χ3n) is 5.90. The minimum atomic E-state index is -1.25. The number of aromatic nitrogens is 7. The van der Waals surface area contributed by atoms with Crippen LogP contribution in [0.1, 0.15) is 5.82 Å². The van der Waals surface area contributed by atoms with Crippen molar-refractivity contribution in [3.8, 4) is 5.75 Å². The van der Waals surface area contributed by atoms with Crippen LogP contribution in [-0.4, -0.2) is 91.0 Å². The summed E-state index contributed by atoms with van der Waals surface area (Å²) in [6.07, 6.45) is 0. The van der Waals surface area contributed by atoms with Gasteiger partial charge in [-0.2, -0.15) is 9.36 Å². The fraction of sp³-hybridized carbons (Fsp3) is 0.182. The minimum Gasteiger partial charge on any atom is -0.477 e. The lowest BCUT2D eigenvalue weighted by atomic mass is 10.0. The molecular formula is C22H16ClN11O5S3. The average Bonchev–Trinajstić information content (AvgIpc) is 3.63. The van der Waals surface area contributed by atoms with Gasteiger partial charge in [0.25, 0.3) is 11.8 Å². The molecule has 6 rings (SSSR count). The summed E-state index contributed by atoms with van der Waals surface area (Å²) in [5.74, 6) is -1.87. The van der Waals surface area contributed by atoms with E-state index >= 15 is 0 Å². The highest BCUT2D eigenvalue weighted by Gasteiger charge is 2.54. The Morgan fingerprint density at radius 3 is 2.81 bits per heavy atom. The van der Waals surface area contributed by atoms with E-state index in [1.165, 1.54) is 33.1 Å². The lowest BCUT2D eigenvalue weighted by Crippen LogP contribution is -2.71. The first-order valence-corrected chi connectivity index (χ1v) is 15.0. The van der Waals surface area contributed by atoms with Gasteiger partial charge in [-0.15, -0.1) is 38.4 Å². The number of oxime groups is 1. The first kappa shape index (κ1) is 27.8. The zero-order chi connectivity index (χ0) is 29.4. The Morgan fingerprint density at radius 1 is 1.26 bits per heavy atom. The molecule has 2 aliphatic rings. The number of carboxylic acids is 1. The van der Waals surface area contributed by atoms with Crippen molar-refractivity contribution >= 4 is 80.9 Å². The highest BCUT2D eigenvalue weighted by atomic mass is 35.5. The Balaban J connectivity index is 1.18.